The van der Waals surface area contributed by atoms with Gasteiger partial charge in [-0.05, 0) is 115 Å². The predicted octanol–water partition coefficient (Wildman–Crippen LogP) is 16.7. The van der Waals surface area contributed by atoms with Crippen LogP contribution >= 0.6 is 0 Å². The van der Waals surface area contributed by atoms with Crippen LogP contribution in [0.15, 0.2) is 260 Å². The van der Waals surface area contributed by atoms with E-state index in [1.54, 1.807) is 0 Å². The van der Waals surface area contributed by atoms with Crippen LogP contribution in [0.25, 0.3) is 49.4 Å². The lowest BCUT2D eigenvalue weighted by Crippen LogP contribution is -2.30. The molecule has 0 heterocycles. The van der Waals surface area contributed by atoms with E-state index in [-0.39, 0.29) is 12.0 Å². The van der Waals surface area contributed by atoms with Crippen molar-refractivity contribution in [1.82, 2.24) is 0 Å². The Hall–Kier alpha value is -7.74. The highest BCUT2D eigenvalue weighted by molar-refractivity contribution is 5.97. The Morgan fingerprint density at radius 2 is 0.969 bits per heavy atom. The van der Waals surface area contributed by atoms with Gasteiger partial charge in [0.15, 0.2) is 0 Å². The molecule has 0 bridgehead atoms. The molecule has 0 aliphatic heterocycles. The van der Waals surface area contributed by atoms with Crippen molar-refractivity contribution < 1.29 is 0 Å². The maximum Gasteiger partial charge on any atom is 0.0560 e. The SMILES string of the molecule is C1=CC(C2=CCC(N(c3ccc(-c4ccccc4)cc3)c3cccc4ccccc34)C=C2)=C(c2ccc(C(c3ccc(-c4ccccc4)cc3)c3cccc4ccccc34)cc2)CC1. The normalized spacial score (nSPS) is 15.3. The molecule has 2 atom stereocenters. The molecule has 0 fully saturated rings. The second kappa shape index (κ2) is 17.6. The minimum atomic E-state index is 0.0878. The van der Waals surface area contributed by atoms with E-state index >= 15 is 0 Å². The molecule has 0 aromatic heterocycles. The van der Waals surface area contributed by atoms with Gasteiger partial charge in [-0.2, -0.15) is 0 Å². The van der Waals surface area contributed by atoms with Crippen LogP contribution in [0.5, 0.6) is 0 Å². The van der Waals surface area contributed by atoms with Gasteiger partial charge in [-0.1, -0.05) is 231 Å². The summed E-state index contributed by atoms with van der Waals surface area (Å²) >= 11 is 0. The van der Waals surface area contributed by atoms with Crippen molar-refractivity contribution in [2.24, 2.45) is 0 Å². The molecule has 11 rings (SSSR count). The van der Waals surface area contributed by atoms with Crippen LogP contribution in [0.1, 0.15) is 47.4 Å². The van der Waals surface area contributed by atoms with Gasteiger partial charge in [-0.25, -0.2) is 0 Å². The molecule has 0 saturated heterocycles. The van der Waals surface area contributed by atoms with Crippen molar-refractivity contribution in [2.75, 3.05) is 4.90 Å². The quantitative estimate of drug-likeness (QED) is 0.124. The Morgan fingerprint density at radius 1 is 0.438 bits per heavy atom. The topological polar surface area (TPSA) is 3.24 Å². The van der Waals surface area contributed by atoms with Crippen molar-refractivity contribution >= 4 is 38.5 Å². The first-order valence-corrected chi connectivity index (χ1v) is 22.7. The molecule has 1 heteroatoms. The first-order valence-electron chi connectivity index (χ1n) is 22.7. The van der Waals surface area contributed by atoms with Crippen molar-refractivity contribution in [2.45, 2.75) is 31.2 Å². The standard InChI is InChI=1S/C63H49N/c1-3-15-45(16-4-1)47-29-33-53(34-30-47)63(61-27-13-21-49-19-7-9-25-59(49)61)54-35-31-51(32-36-54)57-23-11-12-24-58(57)52-39-43-56(44-40-52)64(62-28-14-22-50-20-8-10-26-60(50)62)55-41-37-48(38-42-55)46-17-5-2-6-18-46/h1-10,12-22,24-43,56,63H,11,23,44H2. The Labute approximate surface area is 377 Å². The molecule has 0 amide bonds. The summed E-state index contributed by atoms with van der Waals surface area (Å²) in [5.41, 5.74) is 16.6. The summed E-state index contributed by atoms with van der Waals surface area (Å²) in [5, 5.41) is 5.07. The van der Waals surface area contributed by atoms with Crippen LogP contribution in [0.3, 0.4) is 0 Å². The summed E-state index contributed by atoms with van der Waals surface area (Å²) in [4.78, 5) is 2.53. The number of benzene rings is 9. The van der Waals surface area contributed by atoms with Crippen LogP contribution < -0.4 is 4.90 Å². The maximum atomic E-state index is 2.53. The predicted molar refractivity (Wildman–Crippen MR) is 272 cm³/mol. The third-order valence-corrected chi connectivity index (χ3v) is 13.2. The van der Waals surface area contributed by atoms with E-state index in [1.807, 2.05) is 0 Å². The molecule has 9 aromatic carbocycles. The lowest BCUT2D eigenvalue weighted by molar-refractivity contribution is 0.783. The number of fused-ring (bicyclic) bond motifs is 2. The van der Waals surface area contributed by atoms with Crippen molar-refractivity contribution in [3.05, 3.63) is 282 Å². The molecule has 306 valence electrons. The van der Waals surface area contributed by atoms with Crippen LogP contribution in [0.2, 0.25) is 0 Å². The summed E-state index contributed by atoms with van der Waals surface area (Å²) in [6.07, 6.45) is 14.9. The fourth-order valence-electron chi connectivity index (χ4n) is 10.0. The zero-order valence-corrected chi connectivity index (χ0v) is 35.9. The minimum Gasteiger partial charge on any atom is -0.334 e. The monoisotopic (exact) mass is 819 g/mol. The molecule has 2 unspecified atom stereocenters. The second-order valence-corrected chi connectivity index (χ2v) is 17.0. The summed E-state index contributed by atoms with van der Waals surface area (Å²) in [7, 11) is 0. The Kier molecular flexibility index (Phi) is 10.7. The molecular formula is C63H49N. The van der Waals surface area contributed by atoms with E-state index < -0.39 is 0 Å². The zero-order chi connectivity index (χ0) is 42.7. The fourth-order valence-corrected chi connectivity index (χ4v) is 10.0. The lowest BCUT2D eigenvalue weighted by Gasteiger charge is -2.34. The average molecular weight is 820 g/mol. The van der Waals surface area contributed by atoms with Gasteiger partial charge in [0.25, 0.3) is 0 Å². The van der Waals surface area contributed by atoms with E-state index in [2.05, 4.69) is 254 Å². The smallest absolute Gasteiger partial charge is 0.0560 e. The third kappa shape index (κ3) is 7.71. The number of hydrogen-bond acceptors (Lipinski definition) is 1. The number of rotatable bonds is 10. The average Bonchev–Trinajstić information content (AvgIpc) is 3.38. The maximum absolute atomic E-state index is 2.53. The lowest BCUT2D eigenvalue weighted by atomic mass is 9.81. The van der Waals surface area contributed by atoms with Crippen molar-refractivity contribution in [3.63, 3.8) is 0 Å². The zero-order valence-electron chi connectivity index (χ0n) is 35.9. The minimum absolute atomic E-state index is 0.0878. The number of hydrogen-bond donors (Lipinski definition) is 0. The summed E-state index contributed by atoms with van der Waals surface area (Å²) in [6, 6.07) is 80.3. The van der Waals surface area contributed by atoms with Gasteiger partial charge in [-0.15, -0.1) is 0 Å². The van der Waals surface area contributed by atoms with Crippen LogP contribution in [0.4, 0.5) is 11.4 Å². The first-order chi connectivity index (χ1) is 31.7. The molecular weight excluding hydrogens is 771 g/mol. The summed E-state index contributed by atoms with van der Waals surface area (Å²) < 4.78 is 0. The number of nitrogens with zero attached hydrogens (tertiary/aromatic N) is 1. The molecule has 2 aliphatic carbocycles. The molecule has 1 nitrogen and oxygen atoms in total. The molecule has 0 saturated carbocycles. The molecule has 64 heavy (non-hydrogen) atoms. The highest BCUT2D eigenvalue weighted by atomic mass is 15.2. The summed E-state index contributed by atoms with van der Waals surface area (Å²) in [5.74, 6) is 0.0878. The van der Waals surface area contributed by atoms with Crippen molar-refractivity contribution in [3.8, 4) is 22.3 Å². The largest absolute Gasteiger partial charge is 0.334 e. The second-order valence-electron chi connectivity index (χ2n) is 17.0. The van der Waals surface area contributed by atoms with Gasteiger partial charge in [0.05, 0.1) is 6.04 Å². The number of allylic oxidation sites excluding steroid dienone is 6. The van der Waals surface area contributed by atoms with Crippen LogP contribution in [-0.4, -0.2) is 6.04 Å². The Bertz CT molecular complexity index is 3190. The number of anilines is 2. The molecule has 2 aliphatic rings. The first kappa shape index (κ1) is 39.1. The van der Waals surface area contributed by atoms with E-state index in [0.29, 0.717) is 0 Å². The Balaban J connectivity index is 0.922. The molecule has 0 N–H and O–H groups in total. The van der Waals surface area contributed by atoms with Gasteiger partial charge in [0, 0.05) is 22.7 Å². The summed E-state index contributed by atoms with van der Waals surface area (Å²) in [6.45, 7) is 0. The third-order valence-electron chi connectivity index (χ3n) is 13.2. The van der Waals surface area contributed by atoms with Crippen LogP contribution in [0, 0.1) is 0 Å². The van der Waals surface area contributed by atoms with Gasteiger partial charge >= 0.3 is 0 Å². The van der Waals surface area contributed by atoms with Gasteiger partial charge < -0.3 is 4.90 Å². The Morgan fingerprint density at radius 3 is 1.61 bits per heavy atom. The highest BCUT2D eigenvalue weighted by Gasteiger charge is 2.25. The highest BCUT2D eigenvalue weighted by Crippen LogP contribution is 2.42. The van der Waals surface area contributed by atoms with E-state index in [4.69, 9.17) is 0 Å². The molecule has 0 spiro atoms. The van der Waals surface area contributed by atoms with Gasteiger partial charge in [0.1, 0.15) is 0 Å². The fraction of sp³-hybridized carbons (Fsp3) is 0.0794. The van der Waals surface area contributed by atoms with Gasteiger partial charge in [-0.3, -0.25) is 0 Å². The van der Waals surface area contributed by atoms with Gasteiger partial charge in [0.2, 0.25) is 0 Å². The van der Waals surface area contributed by atoms with E-state index in [1.165, 1.54) is 94.1 Å². The molecule has 0 radical (unpaired) electrons. The molecule has 9 aromatic rings. The van der Waals surface area contributed by atoms with E-state index in [0.717, 1.165) is 19.3 Å². The van der Waals surface area contributed by atoms with Crippen molar-refractivity contribution in [1.29, 1.82) is 0 Å². The van der Waals surface area contributed by atoms with E-state index in [9.17, 15) is 0 Å². The van der Waals surface area contributed by atoms with Crippen LogP contribution in [-0.2, 0) is 0 Å².